The molecule has 0 aromatic carbocycles. The first kappa shape index (κ1) is 10.2. The van der Waals surface area contributed by atoms with Crippen LogP contribution in [0.15, 0.2) is 12.4 Å². The van der Waals surface area contributed by atoms with E-state index in [0.29, 0.717) is 11.9 Å². The minimum absolute atomic E-state index is 0.524. The topological polar surface area (TPSA) is 63.8 Å². The van der Waals surface area contributed by atoms with Crippen LogP contribution in [0.1, 0.15) is 32.6 Å². The first-order chi connectivity index (χ1) is 7.25. The SMILES string of the molecule is C[C@@H]1CCCC[C@@H]1Nc1cc(N)ncn1. The maximum Gasteiger partial charge on any atom is 0.131 e. The molecule has 0 amide bonds. The van der Waals surface area contributed by atoms with Gasteiger partial charge in [-0.25, -0.2) is 9.97 Å². The van der Waals surface area contributed by atoms with E-state index < -0.39 is 0 Å². The highest BCUT2D eigenvalue weighted by molar-refractivity contribution is 5.44. The molecule has 0 aliphatic heterocycles. The number of nitrogens with zero attached hydrogens (tertiary/aromatic N) is 2. The number of anilines is 2. The van der Waals surface area contributed by atoms with Gasteiger partial charge in [0.1, 0.15) is 18.0 Å². The van der Waals surface area contributed by atoms with Gasteiger partial charge < -0.3 is 11.1 Å². The van der Waals surface area contributed by atoms with Crippen LogP contribution in [0.4, 0.5) is 11.6 Å². The third kappa shape index (κ3) is 2.58. The molecular weight excluding hydrogens is 188 g/mol. The Bertz CT molecular complexity index is 326. The van der Waals surface area contributed by atoms with Crippen molar-refractivity contribution >= 4 is 11.6 Å². The fourth-order valence-electron chi connectivity index (χ4n) is 2.17. The third-order valence-electron chi connectivity index (χ3n) is 3.13. The first-order valence-corrected chi connectivity index (χ1v) is 5.60. The van der Waals surface area contributed by atoms with Gasteiger partial charge in [0.05, 0.1) is 0 Å². The van der Waals surface area contributed by atoms with Crippen LogP contribution in [0, 0.1) is 5.92 Å². The van der Waals surface area contributed by atoms with Gasteiger partial charge in [0.2, 0.25) is 0 Å². The lowest BCUT2D eigenvalue weighted by atomic mass is 9.86. The zero-order chi connectivity index (χ0) is 10.7. The van der Waals surface area contributed by atoms with Crippen molar-refractivity contribution < 1.29 is 0 Å². The molecule has 4 heteroatoms. The molecule has 1 aromatic heterocycles. The van der Waals surface area contributed by atoms with Gasteiger partial charge in [-0.2, -0.15) is 0 Å². The lowest BCUT2D eigenvalue weighted by Gasteiger charge is -2.29. The Morgan fingerprint density at radius 1 is 1.33 bits per heavy atom. The molecule has 1 fully saturated rings. The van der Waals surface area contributed by atoms with E-state index in [1.54, 1.807) is 6.07 Å². The predicted molar refractivity (Wildman–Crippen MR) is 61.5 cm³/mol. The molecule has 4 nitrogen and oxygen atoms in total. The van der Waals surface area contributed by atoms with Gasteiger partial charge in [0.15, 0.2) is 0 Å². The number of nitrogens with one attached hydrogen (secondary N) is 1. The second-order valence-electron chi connectivity index (χ2n) is 4.34. The van der Waals surface area contributed by atoms with Crippen molar-refractivity contribution in [3.63, 3.8) is 0 Å². The summed E-state index contributed by atoms with van der Waals surface area (Å²) in [7, 11) is 0. The monoisotopic (exact) mass is 206 g/mol. The van der Waals surface area contributed by atoms with E-state index in [9.17, 15) is 0 Å². The summed E-state index contributed by atoms with van der Waals surface area (Å²) >= 11 is 0. The molecule has 15 heavy (non-hydrogen) atoms. The lowest BCUT2D eigenvalue weighted by molar-refractivity contribution is 0.349. The summed E-state index contributed by atoms with van der Waals surface area (Å²) in [5.41, 5.74) is 5.61. The average Bonchev–Trinajstić information content (AvgIpc) is 2.22. The molecule has 1 aromatic rings. The zero-order valence-corrected chi connectivity index (χ0v) is 9.11. The van der Waals surface area contributed by atoms with Crippen molar-refractivity contribution in [1.29, 1.82) is 0 Å². The quantitative estimate of drug-likeness (QED) is 0.777. The highest BCUT2D eigenvalue weighted by Gasteiger charge is 2.21. The molecule has 0 saturated heterocycles. The van der Waals surface area contributed by atoms with Crippen LogP contribution in [0.5, 0.6) is 0 Å². The van der Waals surface area contributed by atoms with Crippen molar-refractivity contribution in [2.45, 2.75) is 38.6 Å². The van der Waals surface area contributed by atoms with Gasteiger partial charge in [-0.1, -0.05) is 19.8 Å². The third-order valence-corrected chi connectivity index (χ3v) is 3.13. The second kappa shape index (κ2) is 4.47. The van der Waals surface area contributed by atoms with Gasteiger partial charge in [-0.05, 0) is 18.8 Å². The van der Waals surface area contributed by atoms with Gasteiger partial charge in [-0.3, -0.25) is 0 Å². The summed E-state index contributed by atoms with van der Waals surface area (Å²) in [6.45, 7) is 2.29. The molecule has 1 heterocycles. The molecule has 1 saturated carbocycles. The molecule has 0 radical (unpaired) electrons. The molecule has 1 aliphatic rings. The minimum atomic E-state index is 0.524. The molecule has 3 N–H and O–H groups in total. The van der Waals surface area contributed by atoms with Crippen molar-refractivity contribution in [2.24, 2.45) is 5.92 Å². The van der Waals surface area contributed by atoms with Crippen LogP contribution in [-0.4, -0.2) is 16.0 Å². The second-order valence-corrected chi connectivity index (χ2v) is 4.34. The molecule has 0 spiro atoms. The Hall–Kier alpha value is -1.32. The van der Waals surface area contributed by atoms with Crippen molar-refractivity contribution in [3.8, 4) is 0 Å². The number of nitrogen functional groups attached to an aromatic ring is 1. The van der Waals surface area contributed by atoms with Crippen LogP contribution < -0.4 is 11.1 Å². The summed E-state index contributed by atoms with van der Waals surface area (Å²) in [4.78, 5) is 8.04. The van der Waals surface area contributed by atoms with Gasteiger partial charge in [0.25, 0.3) is 0 Å². The number of hydrogen-bond acceptors (Lipinski definition) is 4. The van der Waals surface area contributed by atoms with E-state index in [0.717, 1.165) is 11.7 Å². The number of rotatable bonds is 2. The van der Waals surface area contributed by atoms with Crippen LogP contribution in [0.3, 0.4) is 0 Å². The summed E-state index contributed by atoms with van der Waals surface area (Å²) in [6, 6.07) is 2.33. The van der Waals surface area contributed by atoms with E-state index in [-0.39, 0.29) is 0 Å². The van der Waals surface area contributed by atoms with Gasteiger partial charge in [0, 0.05) is 12.1 Å². The lowest BCUT2D eigenvalue weighted by Crippen LogP contribution is -2.30. The summed E-state index contributed by atoms with van der Waals surface area (Å²) < 4.78 is 0. The standard InChI is InChI=1S/C11H18N4/c1-8-4-2-3-5-9(8)15-11-6-10(12)13-7-14-11/h6-9H,2-5H2,1H3,(H3,12,13,14,15)/t8-,9+/m1/s1. The Morgan fingerprint density at radius 3 is 2.87 bits per heavy atom. The number of aromatic nitrogens is 2. The molecule has 0 bridgehead atoms. The average molecular weight is 206 g/mol. The van der Waals surface area contributed by atoms with Crippen LogP contribution in [0.25, 0.3) is 0 Å². The highest BCUT2D eigenvalue weighted by Crippen LogP contribution is 2.26. The molecule has 0 unspecified atom stereocenters. The highest BCUT2D eigenvalue weighted by atomic mass is 15.0. The Kier molecular flexibility index (Phi) is 3.04. The molecule has 1 aliphatic carbocycles. The summed E-state index contributed by atoms with van der Waals surface area (Å²) in [5.74, 6) is 2.09. The maximum absolute atomic E-state index is 5.61. The van der Waals surface area contributed by atoms with Crippen LogP contribution >= 0.6 is 0 Å². The largest absolute Gasteiger partial charge is 0.384 e. The van der Waals surface area contributed by atoms with Gasteiger partial charge >= 0.3 is 0 Å². The van der Waals surface area contributed by atoms with Crippen molar-refractivity contribution in [1.82, 2.24) is 9.97 Å². The predicted octanol–water partition coefficient (Wildman–Crippen LogP) is 2.05. The maximum atomic E-state index is 5.61. The number of nitrogens with two attached hydrogens (primary N) is 1. The number of hydrogen-bond donors (Lipinski definition) is 2. The minimum Gasteiger partial charge on any atom is -0.384 e. The fourth-order valence-corrected chi connectivity index (χ4v) is 2.17. The zero-order valence-electron chi connectivity index (χ0n) is 9.11. The fraction of sp³-hybridized carbons (Fsp3) is 0.636. The van der Waals surface area contributed by atoms with Crippen molar-refractivity contribution in [2.75, 3.05) is 11.1 Å². The van der Waals surface area contributed by atoms with Crippen LogP contribution in [-0.2, 0) is 0 Å². The smallest absolute Gasteiger partial charge is 0.131 e. The van der Waals surface area contributed by atoms with Crippen LogP contribution in [0.2, 0.25) is 0 Å². The Labute approximate surface area is 90.3 Å². The normalized spacial score (nSPS) is 26.2. The van der Waals surface area contributed by atoms with E-state index in [2.05, 4.69) is 22.2 Å². The Balaban J connectivity index is 2.01. The first-order valence-electron chi connectivity index (χ1n) is 5.60. The van der Waals surface area contributed by atoms with Gasteiger partial charge in [-0.15, -0.1) is 0 Å². The van der Waals surface area contributed by atoms with E-state index in [1.165, 1.54) is 32.0 Å². The van der Waals surface area contributed by atoms with E-state index >= 15 is 0 Å². The van der Waals surface area contributed by atoms with Crippen molar-refractivity contribution in [3.05, 3.63) is 12.4 Å². The van der Waals surface area contributed by atoms with E-state index in [1.807, 2.05) is 0 Å². The van der Waals surface area contributed by atoms with E-state index in [4.69, 9.17) is 5.73 Å². The molecule has 2 atom stereocenters. The Morgan fingerprint density at radius 2 is 2.13 bits per heavy atom. The molecular formula is C11H18N4. The summed E-state index contributed by atoms with van der Waals surface area (Å²) in [6.07, 6.45) is 6.70. The summed E-state index contributed by atoms with van der Waals surface area (Å²) in [5, 5.41) is 3.44. The molecule has 2 rings (SSSR count). The molecule has 82 valence electrons.